The average molecular weight is 447 g/mol. The molecule has 32 heavy (non-hydrogen) atoms. The summed E-state index contributed by atoms with van der Waals surface area (Å²) in [6, 6.07) is 9.83. The molecule has 1 aromatic carbocycles. The summed E-state index contributed by atoms with van der Waals surface area (Å²) in [7, 11) is 1.35. The van der Waals surface area contributed by atoms with E-state index in [0.29, 0.717) is 19.6 Å². The largest absolute Gasteiger partial charge is 0.425 e. The molecule has 1 unspecified atom stereocenters. The zero-order chi connectivity index (χ0) is 22.9. The van der Waals surface area contributed by atoms with Gasteiger partial charge in [-0.2, -0.15) is 13.2 Å². The molecule has 170 valence electrons. The van der Waals surface area contributed by atoms with Crippen LogP contribution in [0.15, 0.2) is 48.9 Å². The highest BCUT2D eigenvalue weighted by atomic mass is 19.4. The van der Waals surface area contributed by atoms with Crippen LogP contribution in [-0.2, 0) is 24.0 Å². The minimum atomic E-state index is -5.04. The number of aryl methyl sites for hydroxylation is 1. The predicted molar refractivity (Wildman–Crippen MR) is 111 cm³/mol. The number of fused-ring (bicyclic) bond motifs is 1. The molecule has 1 fully saturated rings. The number of carbonyl (C=O) groups excluding carboxylic acids is 1. The third-order valence-electron chi connectivity index (χ3n) is 5.90. The third-order valence-corrected chi connectivity index (χ3v) is 5.90. The van der Waals surface area contributed by atoms with E-state index in [1.807, 2.05) is 30.3 Å². The van der Waals surface area contributed by atoms with Gasteiger partial charge in [-0.15, -0.1) is 0 Å². The first kappa shape index (κ1) is 22.2. The number of rotatable bonds is 5. The molecule has 0 saturated carbocycles. The number of amides is 1. The highest BCUT2D eigenvalue weighted by molar-refractivity contribution is 5.81. The predicted octanol–water partition coefficient (Wildman–Crippen LogP) is 2.45. The lowest BCUT2D eigenvalue weighted by atomic mass is 9.96. The summed E-state index contributed by atoms with van der Waals surface area (Å²) in [6.45, 7) is 2.23. The van der Waals surface area contributed by atoms with Gasteiger partial charge in [-0.1, -0.05) is 24.3 Å². The van der Waals surface area contributed by atoms with E-state index in [1.54, 1.807) is 6.20 Å². The van der Waals surface area contributed by atoms with Crippen LogP contribution in [0, 0.1) is 0 Å². The minimum Gasteiger partial charge on any atom is -0.374 e. The van der Waals surface area contributed by atoms with E-state index in [2.05, 4.69) is 14.9 Å². The van der Waals surface area contributed by atoms with Gasteiger partial charge in [0.2, 0.25) is 11.5 Å². The summed E-state index contributed by atoms with van der Waals surface area (Å²) in [5.41, 5.74) is -1.36. The zero-order valence-electron chi connectivity index (χ0n) is 17.6. The van der Waals surface area contributed by atoms with Gasteiger partial charge in [0.05, 0.1) is 11.9 Å². The van der Waals surface area contributed by atoms with Crippen molar-refractivity contribution in [1.82, 2.24) is 24.3 Å². The van der Waals surface area contributed by atoms with Gasteiger partial charge >= 0.3 is 6.18 Å². The second-order valence-corrected chi connectivity index (χ2v) is 8.05. The lowest BCUT2D eigenvalue weighted by Crippen LogP contribution is -2.52. The summed E-state index contributed by atoms with van der Waals surface area (Å²) in [6.07, 6.45) is -1.93. The molecule has 4 rings (SSSR count). The number of carbonyl (C=O) groups is 1. The normalized spacial score (nSPS) is 17.5. The Balaban J connectivity index is 1.41. The number of piperazine rings is 1. The van der Waals surface area contributed by atoms with Crippen LogP contribution in [0.5, 0.6) is 0 Å². The second kappa shape index (κ2) is 8.51. The molecule has 0 spiro atoms. The van der Waals surface area contributed by atoms with Gasteiger partial charge in [0.25, 0.3) is 0 Å². The zero-order valence-corrected chi connectivity index (χ0v) is 17.6. The molecule has 7 nitrogen and oxygen atoms in total. The molecule has 1 atom stereocenters. The molecule has 10 heteroatoms. The smallest absolute Gasteiger partial charge is 0.374 e. The number of aromatic nitrogens is 3. The lowest BCUT2D eigenvalue weighted by molar-refractivity contribution is -0.272. The monoisotopic (exact) mass is 447 g/mol. The number of benzene rings is 1. The number of halogens is 3. The highest BCUT2D eigenvalue weighted by Gasteiger charge is 2.59. The summed E-state index contributed by atoms with van der Waals surface area (Å²) < 4.78 is 42.2. The van der Waals surface area contributed by atoms with Crippen molar-refractivity contribution in [2.75, 3.05) is 26.2 Å². The first-order chi connectivity index (χ1) is 15.2. The molecule has 3 aromatic rings. The Hall–Kier alpha value is -2.98. The van der Waals surface area contributed by atoms with E-state index in [-0.39, 0.29) is 13.1 Å². The first-order valence-corrected chi connectivity index (χ1v) is 10.3. The van der Waals surface area contributed by atoms with Crippen LogP contribution in [0.1, 0.15) is 17.8 Å². The maximum Gasteiger partial charge on any atom is 0.425 e. The van der Waals surface area contributed by atoms with Gasteiger partial charge in [-0.25, -0.2) is 4.98 Å². The number of hydrogen-bond acceptors (Lipinski definition) is 5. The van der Waals surface area contributed by atoms with Crippen LogP contribution in [0.2, 0.25) is 0 Å². The quantitative estimate of drug-likeness (QED) is 0.651. The summed E-state index contributed by atoms with van der Waals surface area (Å²) in [5, 5.41) is 11.5. The number of hydrogen-bond donors (Lipinski definition) is 1. The van der Waals surface area contributed by atoms with Crippen molar-refractivity contribution in [1.29, 1.82) is 0 Å². The Morgan fingerprint density at radius 1 is 1.06 bits per heavy atom. The lowest BCUT2D eigenvalue weighted by Gasteiger charge is -2.37. The number of imidazole rings is 1. The van der Waals surface area contributed by atoms with Gasteiger partial charge in [-0.3, -0.25) is 14.7 Å². The molecule has 3 heterocycles. The van der Waals surface area contributed by atoms with Gasteiger partial charge in [0.1, 0.15) is 0 Å². The van der Waals surface area contributed by atoms with Gasteiger partial charge < -0.3 is 14.6 Å². The minimum absolute atomic E-state index is 0.283. The second-order valence-electron chi connectivity index (χ2n) is 8.05. The van der Waals surface area contributed by atoms with Crippen molar-refractivity contribution >= 4 is 16.8 Å². The molecule has 1 amide bonds. The van der Waals surface area contributed by atoms with E-state index in [0.717, 1.165) is 27.2 Å². The summed E-state index contributed by atoms with van der Waals surface area (Å²) >= 11 is 0. The number of para-hydroxylation sites is 1. The van der Waals surface area contributed by atoms with Gasteiger partial charge in [0.15, 0.2) is 5.82 Å². The number of nitrogens with zero attached hydrogens (tertiary/aromatic N) is 5. The molecule has 1 aliphatic heterocycles. The molecule has 0 aliphatic carbocycles. The van der Waals surface area contributed by atoms with Crippen LogP contribution in [0.4, 0.5) is 13.2 Å². The Labute approximate surface area is 183 Å². The first-order valence-electron chi connectivity index (χ1n) is 10.3. The molecular formula is C22H24F3N5O2. The average Bonchev–Trinajstić information content (AvgIpc) is 3.20. The fourth-order valence-electron chi connectivity index (χ4n) is 4.09. The number of pyridine rings is 1. The Bertz CT molecular complexity index is 1100. The van der Waals surface area contributed by atoms with Crippen LogP contribution in [0.3, 0.4) is 0 Å². The van der Waals surface area contributed by atoms with Gasteiger partial charge in [0, 0.05) is 63.7 Å². The highest BCUT2D eigenvalue weighted by Crippen LogP contribution is 2.41. The van der Waals surface area contributed by atoms with Crippen molar-refractivity contribution in [3.8, 4) is 0 Å². The van der Waals surface area contributed by atoms with E-state index in [9.17, 15) is 23.1 Å². The van der Waals surface area contributed by atoms with E-state index >= 15 is 0 Å². The van der Waals surface area contributed by atoms with Gasteiger partial charge in [-0.05, 0) is 11.6 Å². The molecule has 0 bridgehead atoms. The van der Waals surface area contributed by atoms with Crippen molar-refractivity contribution in [3.63, 3.8) is 0 Å². The van der Waals surface area contributed by atoms with Crippen molar-refractivity contribution in [2.45, 2.75) is 24.7 Å². The number of alkyl halides is 3. The molecule has 0 radical (unpaired) electrons. The van der Waals surface area contributed by atoms with E-state index in [4.69, 9.17) is 0 Å². The SMILES string of the molecule is Cn1ccnc1C(O)(CC(=O)N1CCN(Cc2cccc3cccnc23)CC1)C(F)(F)F. The van der Waals surface area contributed by atoms with Crippen LogP contribution in [0.25, 0.3) is 10.9 Å². The molecule has 2 aromatic heterocycles. The molecular weight excluding hydrogens is 423 g/mol. The van der Waals surface area contributed by atoms with E-state index < -0.39 is 29.9 Å². The van der Waals surface area contributed by atoms with Crippen LogP contribution >= 0.6 is 0 Å². The maximum atomic E-state index is 13.7. The maximum absolute atomic E-state index is 13.7. The standard InChI is InChI=1S/C22H24F3N5O2/c1-28-9-8-27-20(28)21(32,22(23,24)25)14-18(31)30-12-10-29(11-13-30)15-17-5-2-4-16-6-3-7-26-19(16)17/h2-9,32H,10-15H2,1H3. The topological polar surface area (TPSA) is 74.5 Å². The van der Waals surface area contributed by atoms with Crippen molar-refractivity contribution < 1.29 is 23.1 Å². The Kier molecular flexibility index (Phi) is 5.91. The summed E-state index contributed by atoms with van der Waals surface area (Å²) in [5.74, 6) is -1.35. The van der Waals surface area contributed by atoms with Crippen LogP contribution < -0.4 is 0 Å². The van der Waals surface area contributed by atoms with Crippen molar-refractivity contribution in [2.24, 2.45) is 7.05 Å². The Morgan fingerprint density at radius 3 is 2.44 bits per heavy atom. The molecule has 1 N–H and O–H groups in total. The summed E-state index contributed by atoms with van der Waals surface area (Å²) in [4.78, 5) is 24.3. The number of aliphatic hydroxyl groups is 1. The fraction of sp³-hybridized carbons (Fsp3) is 0.409. The third kappa shape index (κ3) is 4.20. The fourth-order valence-corrected chi connectivity index (χ4v) is 4.09. The Morgan fingerprint density at radius 2 is 1.78 bits per heavy atom. The molecule has 1 saturated heterocycles. The van der Waals surface area contributed by atoms with Crippen LogP contribution in [-0.4, -0.2) is 67.7 Å². The molecule has 1 aliphatic rings. The van der Waals surface area contributed by atoms with E-state index in [1.165, 1.54) is 18.1 Å². The van der Waals surface area contributed by atoms with Crippen molar-refractivity contribution in [3.05, 3.63) is 60.3 Å².